The zero-order valence-electron chi connectivity index (χ0n) is 25.2. The quantitative estimate of drug-likeness (QED) is 0.234. The average molecular weight is 618 g/mol. The maximum atomic E-state index is 14.0. The second-order valence-corrected chi connectivity index (χ2v) is 12.1. The molecule has 46 heavy (non-hydrogen) atoms. The van der Waals surface area contributed by atoms with Gasteiger partial charge in [0.1, 0.15) is 29.9 Å². The number of alkyl carbamates (subject to hydrolysis) is 1. The van der Waals surface area contributed by atoms with Crippen LogP contribution >= 0.6 is 0 Å². The van der Waals surface area contributed by atoms with Crippen LogP contribution in [0.4, 0.5) is 10.5 Å². The maximum Gasteiger partial charge on any atom is 0.408 e. The van der Waals surface area contributed by atoms with E-state index in [-0.39, 0.29) is 18.9 Å². The van der Waals surface area contributed by atoms with Gasteiger partial charge in [-0.05, 0) is 34.7 Å². The minimum Gasteiger partial charge on any atom is -0.469 e. The van der Waals surface area contributed by atoms with Gasteiger partial charge in [-0.3, -0.25) is 4.79 Å². The van der Waals surface area contributed by atoms with Gasteiger partial charge in [-0.1, -0.05) is 74.5 Å². The van der Waals surface area contributed by atoms with Crippen LogP contribution in [0.1, 0.15) is 53.8 Å². The van der Waals surface area contributed by atoms with E-state index in [1.165, 1.54) is 6.39 Å². The third-order valence-electron chi connectivity index (χ3n) is 8.90. The molecule has 232 valence electrons. The van der Waals surface area contributed by atoms with E-state index in [2.05, 4.69) is 27.0 Å². The SMILES string of the molecule is CC(C)[C@@H]1NC(=O)[C@@H](NC(=O)OCc2ccccc2)Cc2ccc3c(c2)[C@@]2(c4ccccc4NC2O3)c2oc1nc2-c1cnco1. The van der Waals surface area contributed by atoms with E-state index in [1.54, 1.807) is 6.20 Å². The van der Waals surface area contributed by atoms with Crippen molar-refractivity contribution >= 4 is 17.7 Å². The first kappa shape index (κ1) is 27.9. The van der Waals surface area contributed by atoms with E-state index < -0.39 is 35.7 Å². The van der Waals surface area contributed by atoms with Crippen molar-refractivity contribution in [2.24, 2.45) is 5.92 Å². The van der Waals surface area contributed by atoms with Gasteiger partial charge in [0.25, 0.3) is 0 Å². The molecule has 4 atom stereocenters. The van der Waals surface area contributed by atoms with Crippen LogP contribution in [0.15, 0.2) is 94.2 Å². The van der Waals surface area contributed by atoms with Crippen molar-refractivity contribution in [3.63, 3.8) is 0 Å². The maximum absolute atomic E-state index is 14.0. The Kier molecular flexibility index (Phi) is 6.55. The van der Waals surface area contributed by atoms with Gasteiger partial charge >= 0.3 is 6.09 Å². The van der Waals surface area contributed by atoms with Gasteiger partial charge in [-0.15, -0.1) is 0 Å². The number of benzene rings is 3. The molecule has 3 N–H and O–H groups in total. The van der Waals surface area contributed by atoms with E-state index in [4.69, 9.17) is 23.3 Å². The lowest BCUT2D eigenvalue weighted by molar-refractivity contribution is -0.124. The molecule has 2 amide bonds. The summed E-state index contributed by atoms with van der Waals surface area (Å²) in [7, 11) is 0. The Morgan fingerprint density at radius 2 is 1.89 bits per heavy atom. The normalized spacial score (nSPS) is 22.4. The number of ether oxygens (including phenoxy) is 2. The summed E-state index contributed by atoms with van der Waals surface area (Å²) in [6, 6.07) is 21.6. The van der Waals surface area contributed by atoms with Gasteiger partial charge in [0.15, 0.2) is 29.8 Å². The molecule has 3 aromatic carbocycles. The standard InChI is InChI=1S/C35H31N5O6/c1-19(2)28-32-40-29(27-16-36-18-44-27)30(46-32)35-22-10-6-7-11-24(22)37-33(35)45-26-13-12-21(14-23(26)35)15-25(31(41)39-28)38-34(42)43-17-20-8-4-3-5-9-20/h3-14,16,18-19,25,28,33,37H,15,17H2,1-2H3,(H,38,42)(H,39,41)/t25-,28-,33?,35-/m0/s1. The number of rotatable bonds is 5. The summed E-state index contributed by atoms with van der Waals surface area (Å²) < 4.78 is 24.6. The number of nitrogens with zero attached hydrogens (tertiary/aromatic N) is 2. The highest BCUT2D eigenvalue weighted by Crippen LogP contribution is 2.59. The van der Waals surface area contributed by atoms with Crippen molar-refractivity contribution in [2.75, 3.05) is 5.32 Å². The minimum atomic E-state index is -0.951. The molecule has 0 aliphatic carbocycles. The monoisotopic (exact) mass is 617 g/mol. The third kappa shape index (κ3) is 4.41. The van der Waals surface area contributed by atoms with Crippen molar-refractivity contribution in [3.8, 4) is 17.2 Å². The van der Waals surface area contributed by atoms with Crippen LogP contribution in [0.5, 0.6) is 5.75 Å². The molecule has 0 saturated heterocycles. The van der Waals surface area contributed by atoms with Crippen molar-refractivity contribution in [1.29, 1.82) is 0 Å². The molecule has 0 fully saturated rings. The Bertz CT molecular complexity index is 1940. The Morgan fingerprint density at radius 1 is 1.07 bits per heavy atom. The first-order valence-electron chi connectivity index (χ1n) is 15.3. The summed E-state index contributed by atoms with van der Waals surface area (Å²) in [4.78, 5) is 36.1. The van der Waals surface area contributed by atoms with Gasteiger partial charge in [0.05, 0.1) is 6.20 Å². The highest BCUT2D eigenvalue weighted by molar-refractivity contribution is 5.86. The number of anilines is 1. The van der Waals surface area contributed by atoms with E-state index >= 15 is 0 Å². The molecule has 0 saturated carbocycles. The van der Waals surface area contributed by atoms with Crippen molar-refractivity contribution in [1.82, 2.24) is 20.6 Å². The smallest absolute Gasteiger partial charge is 0.408 e. The number of hydrogen-bond acceptors (Lipinski definition) is 9. The van der Waals surface area contributed by atoms with Crippen molar-refractivity contribution < 1.29 is 27.9 Å². The number of para-hydroxylation sites is 1. The summed E-state index contributed by atoms with van der Waals surface area (Å²) >= 11 is 0. The number of fused-ring (bicyclic) bond motifs is 4. The molecule has 3 aliphatic heterocycles. The lowest BCUT2D eigenvalue weighted by Crippen LogP contribution is -2.49. The van der Waals surface area contributed by atoms with Crippen LogP contribution in [-0.2, 0) is 28.0 Å². The van der Waals surface area contributed by atoms with Crippen LogP contribution in [0.2, 0.25) is 0 Å². The number of oxazole rings is 2. The number of carbonyl (C=O) groups is 2. The van der Waals surface area contributed by atoms with E-state index in [0.29, 0.717) is 28.9 Å². The predicted octanol–water partition coefficient (Wildman–Crippen LogP) is 5.47. The largest absolute Gasteiger partial charge is 0.469 e. The van der Waals surface area contributed by atoms with E-state index in [9.17, 15) is 9.59 Å². The first-order chi connectivity index (χ1) is 22.4. The van der Waals surface area contributed by atoms with Crippen molar-refractivity contribution in [2.45, 2.75) is 50.6 Å². The molecular weight excluding hydrogens is 586 g/mol. The lowest BCUT2D eigenvalue weighted by atomic mass is 9.72. The fourth-order valence-electron chi connectivity index (χ4n) is 6.71. The number of nitrogens with one attached hydrogen (secondary N) is 3. The average Bonchev–Trinajstić information content (AvgIpc) is 3.85. The molecule has 0 radical (unpaired) electrons. The Labute approximate surface area is 264 Å². The fraction of sp³-hybridized carbons (Fsp3) is 0.257. The van der Waals surface area contributed by atoms with Gasteiger partial charge in [-0.2, -0.15) is 0 Å². The van der Waals surface area contributed by atoms with Crippen LogP contribution in [0.25, 0.3) is 11.5 Å². The summed E-state index contributed by atoms with van der Waals surface area (Å²) in [5.41, 5.74) is 3.90. The molecule has 5 aromatic rings. The highest BCUT2D eigenvalue weighted by Gasteiger charge is 2.61. The van der Waals surface area contributed by atoms with E-state index in [1.807, 2.05) is 80.6 Å². The first-order valence-corrected chi connectivity index (χ1v) is 15.3. The molecule has 3 aliphatic rings. The van der Waals surface area contributed by atoms with Gasteiger partial charge in [0.2, 0.25) is 11.8 Å². The molecule has 2 aromatic heterocycles. The van der Waals surface area contributed by atoms with Crippen LogP contribution < -0.4 is 20.7 Å². The van der Waals surface area contributed by atoms with Crippen LogP contribution in [-0.4, -0.2) is 34.2 Å². The topological polar surface area (TPSA) is 141 Å². The van der Waals surface area contributed by atoms with Crippen LogP contribution in [0.3, 0.4) is 0 Å². The Hall–Kier alpha value is -5.58. The number of aromatic nitrogens is 2. The summed E-state index contributed by atoms with van der Waals surface area (Å²) in [6.45, 7) is 4.02. The fourth-order valence-corrected chi connectivity index (χ4v) is 6.71. The molecule has 5 heterocycles. The zero-order chi connectivity index (χ0) is 31.4. The van der Waals surface area contributed by atoms with E-state index in [0.717, 1.165) is 27.9 Å². The minimum absolute atomic E-state index is 0.0750. The Morgan fingerprint density at radius 3 is 2.70 bits per heavy atom. The lowest BCUT2D eigenvalue weighted by Gasteiger charge is -2.28. The number of hydrogen-bond donors (Lipinski definition) is 3. The summed E-state index contributed by atoms with van der Waals surface area (Å²) in [5.74, 6) is 1.41. The van der Waals surface area contributed by atoms with Gasteiger partial charge < -0.3 is 34.3 Å². The molecule has 11 heteroatoms. The second-order valence-electron chi connectivity index (χ2n) is 12.1. The second kappa shape index (κ2) is 10.8. The number of carbonyl (C=O) groups excluding carboxylic acids is 2. The summed E-state index contributed by atoms with van der Waals surface area (Å²) in [6.07, 6.45) is 1.92. The molecule has 4 bridgehead atoms. The van der Waals surface area contributed by atoms with Gasteiger partial charge in [-0.25, -0.2) is 14.8 Å². The predicted molar refractivity (Wildman–Crippen MR) is 166 cm³/mol. The molecule has 1 unspecified atom stereocenters. The highest BCUT2D eigenvalue weighted by atomic mass is 16.5. The van der Waals surface area contributed by atoms with Crippen molar-refractivity contribution in [3.05, 3.63) is 119 Å². The molecular formula is C35H31N5O6. The third-order valence-corrected chi connectivity index (χ3v) is 8.90. The number of amides is 2. The van der Waals surface area contributed by atoms with Crippen LogP contribution in [0, 0.1) is 5.92 Å². The summed E-state index contributed by atoms with van der Waals surface area (Å²) in [5, 5.41) is 9.46. The zero-order valence-corrected chi connectivity index (χ0v) is 25.2. The molecule has 8 rings (SSSR count). The molecule has 11 nitrogen and oxygen atoms in total. The van der Waals surface area contributed by atoms with Gasteiger partial charge in [0, 0.05) is 17.7 Å². The molecule has 1 spiro atoms. The Balaban J connectivity index is 1.27.